The molecule has 1 aromatic rings. The Balaban J connectivity index is 1.65. The van der Waals surface area contributed by atoms with Crippen molar-refractivity contribution in [3.05, 3.63) is 18.5 Å². The molecule has 0 radical (unpaired) electrons. The summed E-state index contributed by atoms with van der Waals surface area (Å²) < 4.78 is 1.80. The number of rotatable bonds is 4. The zero-order valence-electron chi connectivity index (χ0n) is 7.94. The molecule has 0 bridgehead atoms. The number of aromatic nitrogens is 2. The third-order valence-electron chi connectivity index (χ3n) is 2.35. The first kappa shape index (κ1) is 9.21. The zero-order chi connectivity index (χ0) is 9.80. The molecule has 0 atom stereocenters. The van der Waals surface area contributed by atoms with Crippen molar-refractivity contribution in [2.75, 3.05) is 19.6 Å². The highest BCUT2D eigenvalue weighted by atomic mass is 16.2. The van der Waals surface area contributed by atoms with Crippen LogP contribution in [0.1, 0.15) is 0 Å². The smallest absolute Gasteiger partial charge is 0.225 e. The van der Waals surface area contributed by atoms with Gasteiger partial charge in [0.2, 0.25) is 5.91 Å². The molecule has 1 amide bonds. The van der Waals surface area contributed by atoms with Gasteiger partial charge in [-0.2, -0.15) is 5.10 Å². The largest absolute Gasteiger partial charge is 0.354 e. The molecule has 0 aromatic carbocycles. The van der Waals surface area contributed by atoms with Gasteiger partial charge >= 0.3 is 0 Å². The average molecular weight is 194 g/mol. The van der Waals surface area contributed by atoms with Crippen LogP contribution >= 0.6 is 0 Å². The van der Waals surface area contributed by atoms with Gasteiger partial charge in [0, 0.05) is 32.0 Å². The first-order valence-corrected chi connectivity index (χ1v) is 4.82. The van der Waals surface area contributed by atoms with Gasteiger partial charge in [-0.3, -0.25) is 9.48 Å². The lowest BCUT2D eigenvalue weighted by atomic mass is 10.0. The Kier molecular flexibility index (Phi) is 2.78. The molecule has 2 N–H and O–H groups in total. The fourth-order valence-corrected chi connectivity index (χ4v) is 1.34. The summed E-state index contributed by atoms with van der Waals surface area (Å²) in [4.78, 5) is 11.4. The van der Waals surface area contributed by atoms with Crippen molar-refractivity contribution in [3.8, 4) is 0 Å². The van der Waals surface area contributed by atoms with Crippen LogP contribution in [0.2, 0.25) is 0 Å². The highest BCUT2D eigenvalue weighted by Crippen LogP contribution is 2.01. The van der Waals surface area contributed by atoms with Gasteiger partial charge in [0.1, 0.15) is 0 Å². The molecule has 0 unspecified atom stereocenters. The minimum atomic E-state index is 0.149. The van der Waals surface area contributed by atoms with E-state index in [9.17, 15) is 4.79 Å². The lowest BCUT2D eigenvalue weighted by Crippen LogP contribution is -2.51. The number of hydrogen-bond acceptors (Lipinski definition) is 3. The fraction of sp³-hybridized carbons (Fsp3) is 0.556. The highest BCUT2D eigenvalue weighted by Gasteiger charge is 2.23. The summed E-state index contributed by atoms with van der Waals surface area (Å²) >= 11 is 0. The SMILES string of the molecule is O=C(NCCn1cccn1)C1CNC1. The summed E-state index contributed by atoms with van der Waals surface area (Å²) in [5, 5.41) is 10.00. The van der Waals surface area contributed by atoms with Crippen molar-refractivity contribution in [2.45, 2.75) is 6.54 Å². The number of hydrogen-bond donors (Lipinski definition) is 2. The van der Waals surface area contributed by atoms with Gasteiger partial charge in [0.25, 0.3) is 0 Å². The summed E-state index contributed by atoms with van der Waals surface area (Å²) in [5.41, 5.74) is 0. The van der Waals surface area contributed by atoms with Crippen LogP contribution in [0.25, 0.3) is 0 Å². The van der Waals surface area contributed by atoms with Crippen molar-refractivity contribution in [1.82, 2.24) is 20.4 Å². The van der Waals surface area contributed by atoms with E-state index in [2.05, 4.69) is 15.7 Å². The van der Waals surface area contributed by atoms with Gasteiger partial charge < -0.3 is 10.6 Å². The van der Waals surface area contributed by atoms with Crippen LogP contribution < -0.4 is 10.6 Å². The van der Waals surface area contributed by atoms with Crippen LogP contribution in [0.15, 0.2) is 18.5 Å². The highest BCUT2D eigenvalue weighted by molar-refractivity contribution is 5.79. The van der Waals surface area contributed by atoms with Gasteiger partial charge in [-0.05, 0) is 6.07 Å². The van der Waals surface area contributed by atoms with E-state index in [1.807, 2.05) is 12.3 Å². The molecule has 1 aliphatic rings. The molecule has 0 saturated carbocycles. The number of carbonyl (C=O) groups excluding carboxylic acids is 1. The molecule has 1 aliphatic heterocycles. The molecule has 5 heteroatoms. The monoisotopic (exact) mass is 194 g/mol. The Morgan fingerprint density at radius 3 is 3.07 bits per heavy atom. The van der Waals surface area contributed by atoms with Crippen molar-refractivity contribution in [3.63, 3.8) is 0 Å². The Labute approximate surface area is 82.5 Å². The topological polar surface area (TPSA) is 59.0 Å². The molecule has 0 spiro atoms. The van der Waals surface area contributed by atoms with Crippen molar-refractivity contribution >= 4 is 5.91 Å². The Hall–Kier alpha value is -1.36. The molecule has 2 heterocycles. The molecular formula is C9H14N4O. The Morgan fingerprint density at radius 1 is 1.64 bits per heavy atom. The number of amides is 1. The van der Waals surface area contributed by atoms with Crippen LogP contribution in [0.4, 0.5) is 0 Å². The van der Waals surface area contributed by atoms with E-state index in [0.717, 1.165) is 19.6 Å². The third kappa shape index (κ3) is 2.11. The molecular weight excluding hydrogens is 180 g/mol. The lowest BCUT2D eigenvalue weighted by Gasteiger charge is -2.25. The predicted molar refractivity (Wildman–Crippen MR) is 51.6 cm³/mol. The number of carbonyl (C=O) groups is 1. The van der Waals surface area contributed by atoms with Gasteiger partial charge in [-0.15, -0.1) is 0 Å². The summed E-state index contributed by atoms with van der Waals surface area (Å²) in [6, 6.07) is 1.87. The standard InChI is InChI=1S/C9H14N4O/c14-9(8-6-10-7-8)11-3-5-13-4-1-2-12-13/h1-2,4,8,10H,3,5-7H2,(H,11,14). The molecule has 14 heavy (non-hydrogen) atoms. The van der Waals surface area contributed by atoms with Gasteiger partial charge in [0.15, 0.2) is 0 Å². The van der Waals surface area contributed by atoms with E-state index >= 15 is 0 Å². The molecule has 5 nitrogen and oxygen atoms in total. The molecule has 1 fully saturated rings. The normalized spacial score (nSPS) is 16.3. The maximum Gasteiger partial charge on any atom is 0.225 e. The Bertz CT molecular complexity index is 292. The first-order valence-electron chi connectivity index (χ1n) is 4.82. The second kappa shape index (κ2) is 4.23. The van der Waals surface area contributed by atoms with Crippen LogP contribution in [-0.4, -0.2) is 35.3 Å². The van der Waals surface area contributed by atoms with Crippen molar-refractivity contribution in [1.29, 1.82) is 0 Å². The van der Waals surface area contributed by atoms with E-state index in [1.54, 1.807) is 10.9 Å². The second-order valence-electron chi connectivity index (χ2n) is 3.42. The van der Waals surface area contributed by atoms with Gasteiger partial charge in [-0.1, -0.05) is 0 Å². The maximum atomic E-state index is 11.4. The number of nitrogens with one attached hydrogen (secondary N) is 2. The molecule has 1 saturated heterocycles. The van der Waals surface area contributed by atoms with E-state index in [1.165, 1.54) is 0 Å². The third-order valence-corrected chi connectivity index (χ3v) is 2.35. The number of nitrogens with zero attached hydrogens (tertiary/aromatic N) is 2. The van der Waals surface area contributed by atoms with Crippen LogP contribution in [-0.2, 0) is 11.3 Å². The summed E-state index contributed by atoms with van der Waals surface area (Å²) in [6.45, 7) is 3.01. The van der Waals surface area contributed by atoms with Crippen molar-refractivity contribution in [2.24, 2.45) is 5.92 Å². The van der Waals surface area contributed by atoms with E-state index in [0.29, 0.717) is 6.54 Å². The van der Waals surface area contributed by atoms with Crippen LogP contribution in [0.3, 0.4) is 0 Å². The molecule has 2 rings (SSSR count). The molecule has 76 valence electrons. The Morgan fingerprint density at radius 2 is 2.50 bits per heavy atom. The van der Waals surface area contributed by atoms with Crippen molar-refractivity contribution < 1.29 is 4.79 Å². The average Bonchev–Trinajstić information content (AvgIpc) is 2.53. The van der Waals surface area contributed by atoms with Gasteiger partial charge in [0.05, 0.1) is 12.5 Å². The van der Waals surface area contributed by atoms with Crippen LogP contribution in [0, 0.1) is 5.92 Å². The fourth-order valence-electron chi connectivity index (χ4n) is 1.34. The zero-order valence-corrected chi connectivity index (χ0v) is 7.94. The van der Waals surface area contributed by atoms with Gasteiger partial charge in [-0.25, -0.2) is 0 Å². The molecule has 1 aromatic heterocycles. The second-order valence-corrected chi connectivity index (χ2v) is 3.42. The van der Waals surface area contributed by atoms with E-state index in [4.69, 9.17) is 0 Å². The van der Waals surface area contributed by atoms with Crippen LogP contribution in [0.5, 0.6) is 0 Å². The molecule has 0 aliphatic carbocycles. The van der Waals surface area contributed by atoms with E-state index in [-0.39, 0.29) is 11.8 Å². The lowest BCUT2D eigenvalue weighted by molar-refractivity contribution is -0.126. The summed E-state index contributed by atoms with van der Waals surface area (Å²) in [6.07, 6.45) is 3.62. The summed E-state index contributed by atoms with van der Waals surface area (Å²) in [7, 11) is 0. The predicted octanol–water partition coefficient (Wildman–Crippen LogP) is -0.781. The quantitative estimate of drug-likeness (QED) is 0.661. The minimum Gasteiger partial charge on any atom is -0.354 e. The maximum absolute atomic E-state index is 11.4. The first-order chi connectivity index (χ1) is 6.86. The minimum absolute atomic E-state index is 0.149. The van der Waals surface area contributed by atoms with E-state index < -0.39 is 0 Å². The summed E-state index contributed by atoms with van der Waals surface area (Å²) in [5.74, 6) is 0.323.